The zero-order valence-electron chi connectivity index (χ0n) is 17.5. The lowest BCUT2D eigenvalue weighted by Gasteiger charge is -2.31. The van der Waals surface area contributed by atoms with Crippen molar-refractivity contribution in [1.29, 1.82) is 0 Å². The highest BCUT2D eigenvalue weighted by atomic mass is 19.1. The fourth-order valence-electron chi connectivity index (χ4n) is 3.19. The number of carbonyl (C=O) groups is 2. The lowest BCUT2D eigenvalue weighted by atomic mass is 10.1. The van der Waals surface area contributed by atoms with Crippen LogP contribution in [0.4, 0.5) is 4.39 Å². The Balaban J connectivity index is 2.19. The Morgan fingerprint density at radius 3 is 2.21 bits per heavy atom. The predicted molar refractivity (Wildman–Crippen MR) is 114 cm³/mol. The summed E-state index contributed by atoms with van der Waals surface area (Å²) in [6.07, 6.45) is 2.27. The number of carbonyl (C=O) groups excluding carboxylic acids is 2. The molecular weight excluding hydrogens is 367 g/mol. The van der Waals surface area contributed by atoms with Crippen LogP contribution in [0.5, 0.6) is 0 Å². The Bertz CT molecular complexity index is 777. The molecule has 0 saturated carbocycles. The minimum absolute atomic E-state index is 0.0450. The molecule has 4 nitrogen and oxygen atoms in total. The SMILES string of the molecule is CC[C@H](C(=O)N[C@@H](C)CC)N(Cc1ccc(F)cc1)C(=O)CCc1ccccc1. The zero-order chi connectivity index (χ0) is 21.2. The number of nitrogens with one attached hydrogen (secondary N) is 1. The van der Waals surface area contributed by atoms with Crippen molar-refractivity contribution < 1.29 is 14.0 Å². The molecule has 0 radical (unpaired) electrons. The molecule has 0 bridgehead atoms. The predicted octanol–water partition coefficient (Wildman–Crippen LogP) is 4.48. The summed E-state index contributed by atoms with van der Waals surface area (Å²) in [7, 11) is 0. The molecule has 0 aliphatic heterocycles. The minimum Gasteiger partial charge on any atom is -0.352 e. The summed E-state index contributed by atoms with van der Waals surface area (Å²) in [4.78, 5) is 27.6. The quantitative estimate of drug-likeness (QED) is 0.641. The monoisotopic (exact) mass is 398 g/mol. The van der Waals surface area contributed by atoms with Gasteiger partial charge in [-0.15, -0.1) is 0 Å². The van der Waals surface area contributed by atoms with Gasteiger partial charge < -0.3 is 10.2 Å². The highest BCUT2D eigenvalue weighted by Gasteiger charge is 2.28. The summed E-state index contributed by atoms with van der Waals surface area (Å²) >= 11 is 0. The zero-order valence-corrected chi connectivity index (χ0v) is 17.5. The number of hydrogen-bond donors (Lipinski definition) is 1. The maximum Gasteiger partial charge on any atom is 0.243 e. The summed E-state index contributed by atoms with van der Waals surface area (Å²) in [5.74, 6) is -0.543. The third kappa shape index (κ3) is 7.00. The van der Waals surface area contributed by atoms with Crippen LogP contribution in [0.3, 0.4) is 0 Å². The number of aryl methyl sites for hydroxylation is 1. The number of nitrogens with zero attached hydrogens (tertiary/aromatic N) is 1. The van der Waals surface area contributed by atoms with Gasteiger partial charge in [-0.25, -0.2) is 4.39 Å². The second-order valence-corrected chi connectivity index (χ2v) is 7.38. The van der Waals surface area contributed by atoms with E-state index in [1.165, 1.54) is 12.1 Å². The molecule has 2 aromatic rings. The van der Waals surface area contributed by atoms with Crippen LogP contribution < -0.4 is 5.32 Å². The lowest BCUT2D eigenvalue weighted by Crippen LogP contribution is -2.50. The van der Waals surface area contributed by atoms with E-state index in [-0.39, 0.29) is 30.2 Å². The van der Waals surface area contributed by atoms with Crippen LogP contribution in [0, 0.1) is 5.82 Å². The van der Waals surface area contributed by atoms with E-state index < -0.39 is 6.04 Å². The van der Waals surface area contributed by atoms with Crippen molar-refractivity contribution in [3.05, 3.63) is 71.5 Å². The first-order valence-electron chi connectivity index (χ1n) is 10.3. The van der Waals surface area contributed by atoms with E-state index in [1.54, 1.807) is 17.0 Å². The van der Waals surface area contributed by atoms with E-state index in [0.717, 1.165) is 17.5 Å². The normalized spacial score (nSPS) is 12.8. The third-order valence-electron chi connectivity index (χ3n) is 5.12. The van der Waals surface area contributed by atoms with Gasteiger partial charge >= 0.3 is 0 Å². The molecule has 1 N–H and O–H groups in total. The van der Waals surface area contributed by atoms with E-state index in [1.807, 2.05) is 51.1 Å². The van der Waals surface area contributed by atoms with Crippen molar-refractivity contribution in [3.8, 4) is 0 Å². The number of rotatable bonds is 10. The molecule has 0 fully saturated rings. The van der Waals surface area contributed by atoms with Gasteiger partial charge in [0.2, 0.25) is 11.8 Å². The molecule has 0 spiro atoms. The van der Waals surface area contributed by atoms with Crippen molar-refractivity contribution in [3.63, 3.8) is 0 Å². The highest BCUT2D eigenvalue weighted by Crippen LogP contribution is 2.16. The Morgan fingerprint density at radius 1 is 0.966 bits per heavy atom. The first-order valence-corrected chi connectivity index (χ1v) is 10.3. The average molecular weight is 399 g/mol. The van der Waals surface area contributed by atoms with E-state index in [0.29, 0.717) is 19.3 Å². The molecule has 2 atom stereocenters. The van der Waals surface area contributed by atoms with Crippen LogP contribution in [0.1, 0.15) is 51.2 Å². The second kappa shape index (κ2) is 11.3. The molecule has 0 aromatic heterocycles. The van der Waals surface area contributed by atoms with Crippen molar-refractivity contribution >= 4 is 11.8 Å². The molecule has 5 heteroatoms. The fourth-order valence-corrected chi connectivity index (χ4v) is 3.19. The fraction of sp³-hybridized carbons (Fsp3) is 0.417. The second-order valence-electron chi connectivity index (χ2n) is 7.38. The number of hydrogen-bond acceptors (Lipinski definition) is 2. The van der Waals surface area contributed by atoms with Gasteiger partial charge in [-0.3, -0.25) is 9.59 Å². The smallest absolute Gasteiger partial charge is 0.243 e. The molecule has 29 heavy (non-hydrogen) atoms. The van der Waals surface area contributed by atoms with Crippen LogP contribution in [0.25, 0.3) is 0 Å². The third-order valence-corrected chi connectivity index (χ3v) is 5.12. The Hall–Kier alpha value is -2.69. The molecular formula is C24H31FN2O2. The molecule has 0 aliphatic rings. The Kier molecular flexibility index (Phi) is 8.84. The molecule has 0 heterocycles. The molecule has 0 aliphatic carbocycles. The number of amides is 2. The number of halogens is 1. The van der Waals surface area contributed by atoms with Gasteiger partial charge in [-0.05, 0) is 49.4 Å². The lowest BCUT2D eigenvalue weighted by molar-refractivity contribution is -0.141. The maximum absolute atomic E-state index is 13.3. The molecule has 2 aromatic carbocycles. The highest BCUT2D eigenvalue weighted by molar-refractivity contribution is 5.87. The molecule has 2 rings (SSSR count). The Labute approximate surface area is 173 Å². The van der Waals surface area contributed by atoms with Gasteiger partial charge in [0.25, 0.3) is 0 Å². The molecule has 0 unspecified atom stereocenters. The van der Waals surface area contributed by atoms with Crippen LogP contribution in [-0.2, 0) is 22.6 Å². The molecule has 0 saturated heterocycles. The van der Waals surface area contributed by atoms with E-state index in [2.05, 4.69) is 5.32 Å². The van der Waals surface area contributed by atoms with Crippen molar-refractivity contribution in [2.24, 2.45) is 0 Å². The van der Waals surface area contributed by atoms with Crippen LogP contribution in [0.2, 0.25) is 0 Å². The Morgan fingerprint density at radius 2 is 1.62 bits per heavy atom. The standard InChI is InChI=1S/C24H31FN2O2/c1-4-18(3)26-24(29)22(5-2)27(17-20-11-14-21(25)15-12-20)23(28)16-13-19-9-7-6-8-10-19/h6-12,14-15,18,22H,4-5,13,16-17H2,1-3H3,(H,26,29)/t18-,22+/m0/s1. The van der Waals surface area contributed by atoms with Gasteiger partial charge in [0.05, 0.1) is 0 Å². The molecule has 2 amide bonds. The van der Waals surface area contributed by atoms with Crippen LogP contribution in [0.15, 0.2) is 54.6 Å². The average Bonchev–Trinajstić information content (AvgIpc) is 2.73. The largest absolute Gasteiger partial charge is 0.352 e. The first-order chi connectivity index (χ1) is 13.9. The summed E-state index contributed by atoms with van der Waals surface area (Å²) in [5, 5.41) is 2.99. The summed E-state index contributed by atoms with van der Waals surface area (Å²) in [5.41, 5.74) is 1.88. The van der Waals surface area contributed by atoms with Gasteiger partial charge in [0.15, 0.2) is 0 Å². The summed E-state index contributed by atoms with van der Waals surface area (Å²) in [6.45, 7) is 6.14. The van der Waals surface area contributed by atoms with Crippen molar-refractivity contribution in [1.82, 2.24) is 10.2 Å². The first kappa shape index (κ1) is 22.6. The maximum atomic E-state index is 13.3. The topological polar surface area (TPSA) is 49.4 Å². The van der Waals surface area contributed by atoms with E-state index >= 15 is 0 Å². The van der Waals surface area contributed by atoms with E-state index in [4.69, 9.17) is 0 Å². The van der Waals surface area contributed by atoms with Crippen molar-refractivity contribution in [2.45, 2.75) is 65.1 Å². The minimum atomic E-state index is -0.558. The van der Waals surface area contributed by atoms with Gasteiger partial charge in [0.1, 0.15) is 11.9 Å². The van der Waals surface area contributed by atoms with E-state index in [9.17, 15) is 14.0 Å². The van der Waals surface area contributed by atoms with Gasteiger partial charge in [-0.1, -0.05) is 56.3 Å². The van der Waals surface area contributed by atoms with Crippen molar-refractivity contribution in [2.75, 3.05) is 0 Å². The van der Waals surface area contributed by atoms with Crippen LogP contribution >= 0.6 is 0 Å². The summed E-state index contributed by atoms with van der Waals surface area (Å²) in [6, 6.07) is 15.4. The van der Waals surface area contributed by atoms with Gasteiger partial charge in [-0.2, -0.15) is 0 Å². The number of benzene rings is 2. The van der Waals surface area contributed by atoms with Crippen LogP contribution in [-0.4, -0.2) is 28.8 Å². The summed E-state index contributed by atoms with van der Waals surface area (Å²) < 4.78 is 13.3. The molecule has 156 valence electrons. The van der Waals surface area contributed by atoms with Gasteiger partial charge in [0, 0.05) is 19.0 Å².